The predicted molar refractivity (Wildman–Crippen MR) is 75.1 cm³/mol. The normalized spacial score (nSPS) is 17.6. The fourth-order valence-electron chi connectivity index (χ4n) is 2.40. The van der Waals surface area contributed by atoms with Gasteiger partial charge in [-0.1, -0.05) is 0 Å². The first-order valence-corrected chi connectivity index (χ1v) is 6.89. The minimum Gasteiger partial charge on any atom is -0.394 e. The summed E-state index contributed by atoms with van der Waals surface area (Å²) in [5.74, 6) is 0. The van der Waals surface area contributed by atoms with Gasteiger partial charge in [0.25, 0.3) is 0 Å². The molecule has 106 valence electrons. The van der Waals surface area contributed by atoms with Gasteiger partial charge < -0.3 is 15.2 Å². The van der Waals surface area contributed by atoms with Gasteiger partial charge in [0, 0.05) is 38.6 Å². The van der Waals surface area contributed by atoms with Gasteiger partial charge in [0.2, 0.25) is 0 Å². The Morgan fingerprint density at radius 2 is 2.26 bits per heavy atom. The number of hydrogen-bond acceptors (Lipinski definition) is 5. The molecule has 2 heterocycles. The van der Waals surface area contributed by atoms with Gasteiger partial charge in [-0.3, -0.25) is 9.88 Å². The highest BCUT2D eigenvalue weighted by Crippen LogP contribution is 2.16. The minimum absolute atomic E-state index is 0.112. The molecule has 0 saturated carbocycles. The smallest absolute Gasteiger partial charge is 0.0701 e. The van der Waals surface area contributed by atoms with Crippen LogP contribution in [0.15, 0.2) is 18.3 Å². The summed E-state index contributed by atoms with van der Waals surface area (Å²) in [4.78, 5) is 6.81. The van der Waals surface area contributed by atoms with Crippen LogP contribution in [0.4, 0.5) is 5.69 Å². The van der Waals surface area contributed by atoms with Crippen LogP contribution in [-0.4, -0.2) is 54.4 Å². The fourth-order valence-corrected chi connectivity index (χ4v) is 2.40. The number of aromatic nitrogens is 1. The largest absolute Gasteiger partial charge is 0.394 e. The molecule has 19 heavy (non-hydrogen) atoms. The van der Waals surface area contributed by atoms with Crippen LogP contribution in [-0.2, 0) is 11.3 Å². The van der Waals surface area contributed by atoms with E-state index >= 15 is 0 Å². The number of pyridine rings is 1. The lowest BCUT2D eigenvalue weighted by Crippen LogP contribution is -2.37. The Balaban J connectivity index is 1.78. The highest BCUT2D eigenvalue weighted by Gasteiger charge is 2.19. The molecule has 0 aromatic carbocycles. The maximum absolute atomic E-state index is 8.74. The zero-order valence-corrected chi connectivity index (χ0v) is 11.5. The van der Waals surface area contributed by atoms with E-state index in [1.807, 2.05) is 19.3 Å². The number of nitrogens with one attached hydrogen (secondary N) is 1. The van der Waals surface area contributed by atoms with Crippen LogP contribution < -0.4 is 5.32 Å². The molecule has 1 aromatic rings. The molecule has 2 rings (SSSR count). The Hall–Kier alpha value is -1.17. The van der Waals surface area contributed by atoms with Gasteiger partial charge in [-0.2, -0.15) is 0 Å². The van der Waals surface area contributed by atoms with Crippen LogP contribution in [0.5, 0.6) is 0 Å². The van der Waals surface area contributed by atoms with E-state index < -0.39 is 0 Å². The molecule has 1 aliphatic heterocycles. The van der Waals surface area contributed by atoms with E-state index in [0.717, 1.165) is 43.9 Å². The van der Waals surface area contributed by atoms with Gasteiger partial charge in [0.05, 0.1) is 25.0 Å². The first-order valence-electron chi connectivity index (χ1n) is 6.89. The van der Waals surface area contributed by atoms with Crippen molar-refractivity contribution in [3.63, 3.8) is 0 Å². The van der Waals surface area contributed by atoms with Gasteiger partial charge in [-0.15, -0.1) is 0 Å². The molecule has 0 radical (unpaired) electrons. The van der Waals surface area contributed by atoms with Gasteiger partial charge in [0.15, 0.2) is 0 Å². The van der Waals surface area contributed by atoms with E-state index in [1.165, 1.54) is 0 Å². The second kappa shape index (κ2) is 7.43. The van der Waals surface area contributed by atoms with E-state index in [2.05, 4.69) is 21.3 Å². The van der Waals surface area contributed by atoms with Crippen molar-refractivity contribution in [2.45, 2.75) is 25.5 Å². The van der Waals surface area contributed by atoms with Crippen LogP contribution in [0.2, 0.25) is 0 Å². The molecule has 5 nitrogen and oxygen atoms in total. The van der Waals surface area contributed by atoms with Crippen LogP contribution in [0.3, 0.4) is 0 Å². The zero-order chi connectivity index (χ0) is 13.5. The first kappa shape index (κ1) is 14.2. The number of nitrogens with zero attached hydrogens (tertiary/aromatic N) is 2. The summed E-state index contributed by atoms with van der Waals surface area (Å²) in [6.07, 6.45) is 4.22. The molecule has 0 unspecified atom stereocenters. The lowest BCUT2D eigenvalue weighted by atomic mass is 10.1. The molecule has 5 heteroatoms. The molecular weight excluding hydrogens is 242 g/mol. The van der Waals surface area contributed by atoms with E-state index in [1.54, 1.807) is 0 Å². The van der Waals surface area contributed by atoms with E-state index in [0.29, 0.717) is 12.7 Å². The summed E-state index contributed by atoms with van der Waals surface area (Å²) in [6.45, 7) is 3.52. The number of likely N-dealkylation sites (tertiary alicyclic amines) is 1. The van der Waals surface area contributed by atoms with Crippen molar-refractivity contribution in [3.05, 3.63) is 24.0 Å². The van der Waals surface area contributed by atoms with E-state index in [4.69, 9.17) is 9.84 Å². The number of aliphatic hydroxyl groups is 1. The quantitative estimate of drug-likeness (QED) is 0.806. The molecule has 0 spiro atoms. The van der Waals surface area contributed by atoms with Crippen molar-refractivity contribution in [2.75, 3.05) is 38.7 Å². The van der Waals surface area contributed by atoms with Gasteiger partial charge in [-0.05, 0) is 25.0 Å². The van der Waals surface area contributed by atoms with Crippen molar-refractivity contribution in [1.82, 2.24) is 9.88 Å². The highest BCUT2D eigenvalue weighted by atomic mass is 16.5. The second-order valence-electron chi connectivity index (χ2n) is 4.86. The Morgan fingerprint density at radius 1 is 1.47 bits per heavy atom. The molecule has 1 aliphatic rings. The third-order valence-electron chi connectivity index (χ3n) is 3.47. The molecule has 0 aliphatic carbocycles. The maximum atomic E-state index is 8.74. The standard InChI is InChI=1S/C14H23N3O2/c1-15-12-2-5-16-13(10-12)11-17-6-3-14(4-7-17)19-9-8-18/h2,5,10,14,18H,3-4,6-9,11H2,1H3,(H,15,16). The van der Waals surface area contributed by atoms with Crippen molar-refractivity contribution in [1.29, 1.82) is 0 Å². The summed E-state index contributed by atoms with van der Waals surface area (Å²) < 4.78 is 5.56. The number of rotatable bonds is 6. The summed E-state index contributed by atoms with van der Waals surface area (Å²) in [5, 5.41) is 11.9. The lowest BCUT2D eigenvalue weighted by Gasteiger charge is -2.31. The monoisotopic (exact) mass is 265 g/mol. The molecule has 1 saturated heterocycles. The molecule has 1 aromatic heterocycles. The molecule has 0 atom stereocenters. The highest BCUT2D eigenvalue weighted by molar-refractivity contribution is 5.42. The Labute approximate surface area is 114 Å². The van der Waals surface area contributed by atoms with Crippen molar-refractivity contribution >= 4 is 5.69 Å². The SMILES string of the molecule is CNc1ccnc(CN2CCC(OCCO)CC2)c1. The Bertz CT molecular complexity index is 379. The fraction of sp³-hybridized carbons (Fsp3) is 0.643. The van der Waals surface area contributed by atoms with E-state index in [9.17, 15) is 0 Å². The van der Waals surface area contributed by atoms with Crippen molar-refractivity contribution in [3.8, 4) is 0 Å². The molecule has 1 fully saturated rings. The summed E-state index contributed by atoms with van der Waals surface area (Å²) >= 11 is 0. The summed E-state index contributed by atoms with van der Waals surface area (Å²) in [6, 6.07) is 4.06. The second-order valence-corrected chi connectivity index (χ2v) is 4.86. The number of anilines is 1. The van der Waals surface area contributed by atoms with Crippen LogP contribution in [0, 0.1) is 0 Å². The zero-order valence-electron chi connectivity index (χ0n) is 11.5. The van der Waals surface area contributed by atoms with Crippen LogP contribution in [0.25, 0.3) is 0 Å². The Kier molecular flexibility index (Phi) is 5.57. The maximum Gasteiger partial charge on any atom is 0.0701 e. The summed E-state index contributed by atoms with van der Waals surface area (Å²) in [5.41, 5.74) is 2.20. The molecular formula is C14H23N3O2. The topological polar surface area (TPSA) is 57.6 Å². The number of aliphatic hydroxyl groups excluding tert-OH is 1. The third-order valence-corrected chi connectivity index (χ3v) is 3.47. The third kappa shape index (κ3) is 4.45. The molecule has 0 amide bonds. The average molecular weight is 265 g/mol. The average Bonchev–Trinajstić information content (AvgIpc) is 2.47. The van der Waals surface area contributed by atoms with Crippen LogP contribution in [0.1, 0.15) is 18.5 Å². The van der Waals surface area contributed by atoms with Gasteiger partial charge >= 0.3 is 0 Å². The number of ether oxygens (including phenoxy) is 1. The Morgan fingerprint density at radius 3 is 2.95 bits per heavy atom. The summed E-state index contributed by atoms with van der Waals surface area (Å²) in [7, 11) is 1.92. The molecule has 0 bridgehead atoms. The van der Waals surface area contributed by atoms with Crippen LogP contribution >= 0.6 is 0 Å². The van der Waals surface area contributed by atoms with Gasteiger partial charge in [-0.25, -0.2) is 0 Å². The number of piperidine rings is 1. The van der Waals surface area contributed by atoms with E-state index in [-0.39, 0.29) is 6.61 Å². The number of hydrogen-bond donors (Lipinski definition) is 2. The predicted octanol–water partition coefficient (Wildman–Crippen LogP) is 1.10. The molecule has 2 N–H and O–H groups in total. The minimum atomic E-state index is 0.112. The van der Waals surface area contributed by atoms with Crippen molar-refractivity contribution < 1.29 is 9.84 Å². The lowest BCUT2D eigenvalue weighted by molar-refractivity contribution is -0.00918. The van der Waals surface area contributed by atoms with Gasteiger partial charge in [0.1, 0.15) is 0 Å². The first-order chi connectivity index (χ1) is 9.31. The van der Waals surface area contributed by atoms with Crippen molar-refractivity contribution in [2.24, 2.45) is 0 Å².